The second-order valence-corrected chi connectivity index (χ2v) is 7.43. The van der Waals surface area contributed by atoms with Crippen molar-refractivity contribution in [2.75, 3.05) is 23.8 Å². The Morgan fingerprint density at radius 2 is 2.04 bits per heavy atom. The number of aromatic nitrogens is 3. The molecule has 0 aliphatic rings. The normalized spacial score (nSPS) is 11.2. The van der Waals surface area contributed by atoms with Crippen LogP contribution in [0.25, 0.3) is 21.1 Å². The lowest BCUT2D eigenvalue weighted by atomic mass is 10.1. The molecule has 6 nitrogen and oxygen atoms in total. The lowest BCUT2D eigenvalue weighted by molar-refractivity contribution is -0.114. The van der Waals surface area contributed by atoms with Crippen LogP contribution in [0.1, 0.15) is 11.1 Å². The molecule has 26 heavy (non-hydrogen) atoms. The van der Waals surface area contributed by atoms with Gasteiger partial charge in [-0.2, -0.15) is 5.10 Å². The lowest BCUT2D eigenvalue weighted by Crippen LogP contribution is -2.29. The Bertz CT molecular complexity index is 1070. The van der Waals surface area contributed by atoms with Crippen LogP contribution in [-0.4, -0.2) is 34.7 Å². The van der Waals surface area contributed by atoms with Crippen molar-refractivity contribution in [2.45, 2.75) is 13.8 Å². The van der Waals surface area contributed by atoms with Crippen molar-refractivity contribution in [3.05, 3.63) is 47.7 Å². The minimum absolute atomic E-state index is 0.0842. The fraction of sp³-hybridized carbons (Fsp3) is 0.211. The fourth-order valence-electron chi connectivity index (χ4n) is 2.91. The highest BCUT2D eigenvalue weighted by molar-refractivity contribution is 7.22. The molecule has 0 aliphatic carbocycles. The summed E-state index contributed by atoms with van der Waals surface area (Å²) in [6.07, 6.45) is 1.76. The number of hydrogen-bond donors (Lipinski definition) is 2. The molecule has 0 aliphatic heterocycles. The van der Waals surface area contributed by atoms with Crippen molar-refractivity contribution >= 4 is 49.2 Å². The number of rotatable bonds is 4. The summed E-state index contributed by atoms with van der Waals surface area (Å²) in [4.78, 5) is 19.0. The lowest BCUT2D eigenvalue weighted by Gasteiger charge is -2.15. The van der Waals surface area contributed by atoms with Gasteiger partial charge in [0.1, 0.15) is 0 Å². The van der Waals surface area contributed by atoms with Gasteiger partial charge in [-0.25, -0.2) is 4.98 Å². The molecule has 1 amide bonds. The van der Waals surface area contributed by atoms with E-state index in [0.29, 0.717) is 0 Å². The molecule has 0 radical (unpaired) electrons. The third kappa shape index (κ3) is 3.01. The van der Waals surface area contributed by atoms with E-state index in [4.69, 9.17) is 4.98 Å². The molecule has 7 heteroatoms. The Balaban J connectivity index is 1.50. The topological polar surface area (TPSA) is 73.9 Å². The van der Waals surface area contributed by atoms with Gasteiger partial charge in [0.2, 0.25) is 5.91 Å². The van der Waals surface area contributed by atoms with Gasteiger partial charge in [-0.05, 0) is 43.2 Å². The van der Waals surface area contributed by atoms with Gasteiger partial charge in [0.05, 0.1) is 28.5 Å². The fourth-order valence-corrected chi connectivity index (χ4v) is 3.98. The number of benzene rings is 2. The van der Waals surface area contributed by atoms with Crippen molar-refractivity contribution in [1.82, 2.24) is 15.2 Å². The largest absolute Gasteiger partial charge is 0.342 e. The molecule has 0 spiro atoms. The molecule has 0 fully saturated rings. The van der Waals surface area contributed by atoms with Crippen LogP contribution >= 0.6 is 11.3 Å². The van der Waals surface area contributed by atoms with Gasteiger partial charge in [-0.1, -0.05) is 23.5 Å². The summed E-state index contributed by atoms with van der Waals surface area (Å²) in [5, 5.41) is 11.7. The predicted molar refractivity (Wildman–Crippen MR) is 107 cm³/mol. The number of aromatic amines is 1. The molecule has 2 heterocycles. The summed E-state index contributed by atoms with van der Waals surface area (Å²) in [6.45, 7) is 4.38. The number of carbonyl (C=O) groups excluding carboxylic acids is 1. The first-order valence-corrected chi connectivity index (χ1v) is 9.14. The van der Waals surface area contributed by atoms with E-state index in [1.54, 1.807) is 17.5 Å². The van der Waals surface area contributed by atoms with E-state index in [-0.39, 0.29) is 12.5 Å². The number of likely N-dealkylation sites (N-methyl/N-ethyl adjacent to an activating group) is 1. The first kappa shape index (κ1) is 16.5. The summed E-state index contributed by atoms with van der Waals surface area (Å²) in [7, 11) is 1.89. The van der Waals surface area contributed by atoms with Crippen LogP contribution in [0, 0.1) is 13.8 Å². The number of anilines is 2. The minimum Gasteiger partial charge on any atom is -0.342 e. The van der Waals surface area contributed by atoms with E-state index in [1.165, 1.54) is 10.3 Å². The number of thiazole rings is 1. The van der Waals surface area contributed by atoms with E-state index in [9.17, 15) is 4.79 Å². The first-order valence-electron chi connectivity index (χ1n) is 8.32. The molecule has 0 atom stereocenters. The minimum atomic E-state index is -0.0842. The molecule has 0 unspecified atom stereocenters. The molecule has 2 aromatic heterocycles. The van der Waals surface area contributed by atoms with Gasteiger partial charge < -0.3 is 10.2 Å². The third-order valence-electron chi connectivity index (χ3n) is 4.36. The van der Waals surface area contributed by atoms with Gasteiger partial charge in [0, 0.05) is 18.1 Å². The Morgan fingerprint density at radius 3 is 2.85 bits per heavy atom. The van der Waals surface area contributed by atoms with Gasteiger partial charge in [0.15, 0.2) is 5.13 Å². The standard InChI is InChI=1S/C19H19N5OS/c1-11-4-5-12(2)18-17(11)22-19(26-18)24(3)10-16(25)21-14-7-6-13-9-20-23-15(13)8-14/h4-9H,10H2,1-3H3,(H,20,23)(H,21,25). The van der Waals surface area contributed by atoms with Crippen LogP contribution in [0.15, 0.2) is 36.5 Å². The van der Waals surface area contributed by atoms with Crippen molar-refractivity contribution < 1.29 is 4.79 Å². The first-order chi connectivity index (χ1) is 12.5. The van der Waals surface area contributed by atoms with Crippen LogP contribution in [0.4, 0.5) is 10.8 Å². The molecule has 0 saturated carbocycles. The monoisotopic (exact) mass is 365 g/mol. The molecular formula is C19H19N5OS. The number of H-pyrrole nitrogens is 1. The van der Waals surface area contributed by atoms with Crippen molar-refractivity contribution in [3.63, 3.8) is 0 Å². The molecule has 2 aromatic carbocycles. The maximum Gasteiger partial charge on any atom is 0.243 e. The summed E-state index contributed by atoms with van der Waals surface area (Å²) in [6, 6.07) is 9.87. The molecule has 132 valence electrons. The summed E-state index contributed by atoms with van der Waals surface area (Å²) < 4.78 is 1.18. The Hall–Kier alpha value is -2.93. The Morgan fingerprint density at radius 1 is 1.23 bits per heavy atom. The van der Waals surface area contributed by atoms with Crippen molar-refractivity contribution in [1.29, 1.82) is 0 Å². The predicted octanol–water partition coefficient (Wildman–Crippen LogP) is 3.86. The number of amides is 1. The zero-order valence-electron chi connectivity index (χ0n) is 14.8. The summed E-state index contributed by atoms with van der Waals surface area (Å²) in [5.41, 5.74) is 5.02. The SMILES string of the molecule is Cc1ccc(C)c2sc(N(C)CC(=O)Nc3ccc4cn[nH]c4c3)nc12. The maximum absolute atomic E-state index is 12.4. The number of carbonyl (C=O) groups is 1. The Labute approximate surface area is 154 Å². The molecule has 4 rings (SSSR count). The smallest absolute Gasteiger partial charge is 0.243 e. The van der Waals surface area contributed by atoms with Crippen molar-refractivity contribution in [2.24, 2.45) is 0 Å². The van der Waals surface area contributed by atoms with Crippen LogP contribution in [-0.2, 0) is 4.79 Å². The molecule has 2 N–H and O–H groups in total. The van der Waals surface area contributed by atoms with Crippen LogP contribution in [0.2, 0.25) is 0 Å². The molecule has 0 bridgehead atoms. The third-order valence-corrected chi connectivity index (χ3v) is 5.67. The van der Waals surface area contributed by atoms with Crippen LogP contribution < -0.4 is 10.2 Å². The van der Waals surface area contributed by atoms with Gasteiger partial charge in [-0.15, -0.1) is 0 Å². The number of nitrogens with zero attached hydrogens (tertiary/aromatic N) is 3. The zero-order valence-corrected chi connectivity index (χ0v) is 15.6. The molecule has 4 aromatic rings. The van der Waals surface area contributed by atoms with E-state index < -0.39 is 0 Å². The number of hydrogen-bond acceptors (Lipinski definition) is 5. The highest BCUT2D eigenvalue weighted by Crippen LogP contribution is 2.32. The van der Waals surface area contributed by atoms with Gasteiger partial charge >= 0.3 is 0 Å². The number of aryl methyl sites for hydroxylation is 2. The van der Waals surface area contributed by atoms with Crippen LogP contribution in [0.5, 0.6) is 0 Å². The zero-order chi connectivity index (χ0) is 18.3. The summed E-state index contributed by atoms with van der Waals surface area (Å²) in [5.74, 6) is -0.0842. The van der Waals surface area contributed by atoms with Gasteiger partial charge in [-0.3, -0.25) is 9.89 Å². The van der Waals surface area contributed by atoms with E-state index >= 15 is 0 Å². The second kappa shape index (κ2) is 6.42. The Kier molecular flexibility index (Phi) is 4.08. The molecular weight excluding hydrogens is 346 g/mol. The van der Waals surface area contributed by atoms with E-state index in [0.717, 1.165) is 32.8 Å². The highest BCUT2D eigenvalue weighted by atomic mass is 32.1. The average molecular weight is 365 g/mol. The maximum atomic E-state index is 12.4. The van der Waals surface area contributed by atoms with Crippen LogP contribution in [0.3, 0.4) is 0 Å². The van der Waals surface area contributed by atoms with Gasteiger partial charge in [0.25, 0.3) is 0 Å². The second-order valence-electron chi connectivity index (χ2n) is 6.45. The molecule has 0 saturated heterocycles. The van der Waals surface area contributed by atoms with E-state index in [2.05, 4.69) is 41.5 Å². The quantitative estimate of drug-likeness (QED) is 0.576. The van der Waals surface area contributed by atoms with Crippen molar-refractivity contribution in [3.8, 4) is 0 Å². The number of nitrogens with one attached hydrogen (secondary N) is 2. The van der Waals surface area contributed by atoms with E-state index in [1.807, 2.05) is 30.1 Å². The highest BCUT2D eigenvalue weighted by Gasteiger charge is 2.14. The number of fused-ring (bicyclic) bond motifs is 2. The summed E-state index contributed by atoms with van der Waals surface area (Å²) >= 11 is 1.62. The average Bonchev–Trinajstić information content (AvgIpc) is 3.25.